The highest BCUT2D eigenvalue weighted by Crippen LogP contribution is 2.13. The van der Waals surface area contributed by atoms with Gasteiger partial charge >= 0.3 is 0 Å². The first-order chi connectivity index (χ1) is 17.2. The van der Waals surface area contributed by atoms with Crippen LogP contribution in [0.1, 0.15) is 142 Å². The summed E-state index contributed by atoms with van der Waals surface area (Å²) in [7, 11) is 0. The fourth-order valence-corrected chi connectivity index (χ4v) is 4.55. The lowest BCUT2D eigenvalue weighted by atomic mass is 10.1. The number of quaternary nitrogens is 1. The maximum atomic E-state index is 5.49. The molecule has 0 aromatic rings. The molecular formula is C33H62BrN2+. The van der Waals surface area contributed by atoms with Gasteiger partial charge in [-0.15, -0.1) is 36.3 Å². The van der Waals surface area contributed by atoms with Crippen LogP contribution in [0.3, 0.4) is 0 Å². The first-order valence-corrected chi connectivity index (χ1v) is 15.0. The quantitative estimate of drug-likeness (QED) is 0.0704. The van der Waals surface area contributed by atoms with Crippen LogP contribution in [0.2, 0.25) is 0 Å². The van der Waals surface area contributed by atoms with Gasteiger partial charge in [-0.3, -0.25) is 4.48 Å². The highest BCUT2D eigenvalue weighted by molar-refractivity contribution is 8.93. The Morgan fingerprint density at radius 2 is 0.750 bits per heavy atom. The van der Waals surface area contributed by atoms with Crippen molar-refractivity contribution >= 4 is 17.0 Å². The zero-order chi connectivity index (χ0) is 26.3. The van der Waals surface area contributed by atoms with Crippen LogP contribution in [0.5, 0.6) is 0 Å². The molecule has 0 bridgehead atoms. The molecule has 0 heterocycles. The van der Waals surface area contributed by atoms with Gasteiger partial charge in [-0.1, -0.05) is 123 Å². The molecule has 0 atom stereocenters. The molecule has 0 aliphatic rings. The summed E-state index contributed by atoms with van der Waals surface area (Å²) >= 11 is 0. The Balaban J connectivity index is -0.000000667. The molecule has 3 heteroatoms. The molecule has 0 aromatic carbocycles. The summed E-state index contributed by atoms with van der Waals surface area (Å²) in [6, 6.07) is 0. The van der Waals surface area contributed by atoms with Crippen LogP contribution in [0.25, 0.3) is 0 Å². The van der Waals surface area contributed by atoms with Gasteiger partial charge in [0.15, 0.2) is 0 Å². The Morgan fingerprint density at radius 1 is 0.472 bits per heavy atom. The van der Waals surface area contributed by atoms with Crippen molar-refractivity contribution in [2.75, 3.05) is 32.7 Å². The second-order valence-electron chi connectivity index (χ2n) is 10.3. The minimum Gasteiger partial charge on any atom is -0.330 e. The second kappa shape index (κ2) is 34.1. The molecule has 0 rings (SSSR count). The summed E-state index contributed by atoms with van der Waals surface area (Å²) in [5.74, 6) is 8.23. The lowest BCUT2D eigenvalue weighted by molar-refractivity contribution is -0.908. The molecular weight excluding hydrogens is 504 g/mol. The predicted molar refractivity (Wildman–Crippen MR) is 169 cm³/mol. The van der Waals surface area contributed by atoms with Crippen molar-refractivity contribution in [3.63, 3.8) is 0 Å². The number of nitrogens with two attached hydrogens (primary N) is 1. The molecule has 0 amide bonds. The van der Waals surface area contributed by atoms with Crippen LogP contribution in [0.15, 0.2) is 0 Å². The summed E-state index contributed by atoms with van der Waals surface area (Å²) in [4.78, 5) is 0. The van der Waals surface area contributed by atoms with Crippen molar-refractivity contribution in [2.24, 2.45) is 5.73 Å². The third-order valence-corrected chi connectivity index (χ3v) is 6.82. The van der Waals surface area contributed by atoms with Gasteiger partial charge in [-0.25, -0.2) is 0 Å². The normalized spacial score (nSPS) is 10.3. The maximum Gasteiger partial charge on any atom is 0.142 e. The van der Waals surface area contributed by atoms with Crippen molar-refractivity contribution in [1.29, 1.82) is 0 Å². The van der Waals surface area contributed by atoms with Crippen molar-refractivity contribution in [1.82, 2.24) is 0 Å². The van der Waals surface area contributed by atoms with Gasteiger partial charge in [0.05, 0.1) is 6.54 Å². The molecule has 0 spiro atoms. The van der Waals surface area contributed by atoms with E-state index in [0.29, 0.717) is 24.1 Å². The predicted octanol–water partition coefficient (Wildman–Crippen LogP) is 9.07. The van der Waals surface area contributed by atoms with Crippen molar-refractivity contribution < 1.29 is 4.48 Å². The van der Waals surface area contributed by atoms with E-state index in [2.05, 4.69) is 31.6 Å². The van der Waals surface area contributed by atoms with E-state index in [1.807, 2.05) is 0 Å². The lowest BCUT2D eigenvalue weighted by Crippen LogP contribution is -2.49. The van der Waals surface area contributed by atoms with E-state index in [-0.39, 0.29) is 17.0 Å². The van der Waals surface area contributed by atoms with Crippen LogP contribution in [-0.4, -0.2) is 37.2 Å². The fraction of sp³-hybridized carbons (Fsp3) is 0.818. The standard InChI is InChI=1S/C21H34N.C12H27N.BrH/c1-5-9-10-11-12-13-14-15-16-17-21-22(18-6-2,19-7-3)20-8-4;1-2-3-4-5-6-7-8-9-10-11-12-13;/h2-4H,5,9-21H2,1H3;2-13H2,1H3;1H/q+1;;. The first-order valence-electron chi connectivity index (χ1n) is 15.0. The summed E-state index contributed by atoms with van der Waals surface area (Å²) in [6.45, 7) is 8.35. The van der Waals surface area contributed by atoms with Gasteiger partial charge in [0, 0.05) is 0 Å². The second-order valence-corrected chi connectivity index (χ2v) is 10.3. The molecule has 0 radical (unpaired) electrons. The van der Waals surface area contributed by atoms with Gasteiger partial charge in [-0.05, 0) is 43.6 Å². The van der Waals surface area contributed by atoms with Crippen molar-refractivity contribution in [2.45, 2.75) is 142 Å². The Kier molecular flexibility index (Phi) is 37.5. The third kappa shape index (κ3) is 29.3. The molecule has 36 heavy (non-hydrogen) atoms. The number of halogens is 1. The zero-order valence-electron chi connectivity index (χ0n) is 24.3. The Morgan fingerprint density at radius 3 is 1.03 bits per heavy atom. The van der Waals surface area contributed by atoms with Gasteiger partial charge in [0.1, 0.15) is 19.6 Å². The minimum atomic E-state index is 0. The minimum absolute atomic E-state index is 0. The molecule has 0 aliphatic carbocycles. The first kappa shape index (κ1) is 39.6. The Bertz CT molecular complexity index is 487. The number of unbranched alkanes of at least 4 members (excludes halogenated alkanes) is 18. The molecule has 210 valence electrons. The van der Waals surface area contributed by atoms with E-state index >= 15 is 0 Å². The Labute approximate surface area is 238 Å². The van der Waals surface area contributed by atoms with E-state index in [1.54, 1.807) is 0 Å². The Hall–Kier alpha value is -0.920. The molecule has 0 aromatic heterocycles. The average Bonchev–Trinajstić information content (AvgIpc) is 2.85. The highest BCUT2D eigenvalue weighted by atomic mass is 79.9. The van der Waals surface area contributed by atoms with Crippen LogP contribution in [0, 0.1) is 37.0 Å². The number of nitrogens with zero attached hydrogens (tertiary/aromatic N) is 1. The van der Waals surface area contributed by atoms with E-state index in [9.17, 15) is 0 Å². The van der Waals surface area contributed by atoms with Crippen molar-refractivity contribution in [3.05, 3.63) is 0 Å². The molecule has 0 saturated heterocycles. The van der Waals surface area contributed by atoms with Crippen LogP contribution >= 0.6 is 17.0 Å². The largest absolute Gasteiger partial charge is 0.330 e. The fourth-order valence-electron chi connectivity index (χ4n) is 4.55. The monoisotopic (exact) mass is 565 g/mol. The molecule has 2 N–H and O–H groups in total. The third-order valence-electron chi connectivity index (χ3n) is 6.82. The summed E-state index contributed by atoms with van der Waals surface area (Å²) < 4.78 is 0.695. The van der Waals surface area contributed by atoms with Crippen LogP contribution < -0.4 is 5.73 Å². The topological polar surface area (TPSA) is 26.0 Å². The summed E-state index contributed by atoms with van der Waals surface area (Å²) in [5.41, 5.74) is 5.42. The molecule has 0 fully saturated rings. The van der Waals surface area contributed by atoms with Crippen molar-refractivity contribution in [3.8, 4) is 37.0 Å². The average molecular weight is 567 g/mol. The van der Waals surface area contributed by atoms with E-state index in [4.69, 9.17) is 25.0 Å². The number of rotatable bonds is 24. The van der Waals surface area contributed by atoms with E-state index < -0.39 is 0 Å². The zero-order valence-corrected chi connectivity index (χ0v) is 26.1. The van der Waals surface area contributed by atoms with Gasteiger partial charge in [-0.2, -0.15) is 0 Å². The maximum absolute atomic E-state index is 5.49. The molecule has 0 saturated carbocycles. The molecule has 0 aliphatic heterocycles. The summed E-state index contributed by atoms with van der Waals surface area (Å²) in [5, 5.41) is 0. The van der Waals surface area contributed by atoms with E-state index in [0.717, 1.165) is 13.1 Å². The van der Waals surface area contributed by atoms with Crippen LogP contribution in [0.4, 0.5) is 0 Å². The van der Waals surface area contributed by atoms with Crippen LogP contribution in [-0.2, 0) is 0 Å². The summed E-state index contributed by atoms with van der Waals surface area (Å²) in [6.07, 6.45) is 43.8. The van der Waals surface area contributed by atoms with Gasteiger partial charge in [0.2, 0.25) is 0 Å². The number of hydrogen-bond donors (Lipinski definition) is 1. The highest BCUT2D eigenvalue weighted by Gasteiger charge is 2.23. The molecule has 2 nitrogen and oxygen atoms in total. The number of terminal acetylenes is 3. The molecule has 0 unspecified atom stereocenters. The smallest absolute Gasteiger partial charge is 0.142 e. The van der Waals surface area contributed by atoms with Gasteiger partial charge in [0.25, 0.3) is 0 Å². The van der Waals surface area contributed by atoms with E-state index in [1.165, 1.54) is 128 Å². The SMILES string of the molecule is Br.C#CC[N+](CC#C)(CC#C)CCCCCCCCCCCC.CCCCCCCCCCCCN. The number of hydrogen-bond acceptors (Lipinski definition) is 1. The lowest BCUT2D eigenvalue weighted by Gasteiger charge is -2.33. The van der Waals surface area contributed by atoms with Gasteiger partial charge < -0.3 is 5.73 Å².